The van der Waals surface area contributed by atoms with Gasteiger partial charge in [-0.2, -0.15) is 13.2 Å². The lowest BCUT2D eigenvalue weighted by molar-refractivity contribution is -0.137. The Morgan fingerprint density at radius 1 is 0.735 bits per heavy atom. The summed E-state index contributed by atoms with van der Waals surface area (Å²) in [5, 5.41) is 12.4. The van der Waals surface area contributed by atoms with Crippen molar-refractivity contribution in [1.29, 1.82) is 0 Å². The van der Waals surface area contributed by atoms with E-state index in [9.17, 15) is 18.3 Å². The van der Waals surface area contributed by atoms with E-state index in [1.165, 1.54) is 6.07 Å². The molecule has 1 aliphatic rings. The molecule has 0 spiro atoms. The number of alkyl halides is 3. The Hall–Kier alpha value is -3.83. The Kier molecular flexibility index (Phi) is 5.29. The van der Waals surface area contributed by atoms with Crippen LogP contribution in [0, 0.1) is 0 Å². The van der Waals surface area contributed by atoms with E-state index in [2.05, 4.69) is 0 Å². The first-order valence-corrected chi connectivity index (χ1v) is 10.8. The number of aliphatic hydroxyl groups is 1. The smallest absolute Gasteiger partial charge is 0.416 e. The third kappa shape index (κ3) is 3.49. The highest BCUT2D eigenvalue weighted by atomic mass is 19.4. The van der Waals surface area contributed by atoms with Crippen LogP contribution in [0.2, 0.25) is 0 Å². The molecule has 5 rings (SSSR count). The van der Waals surface area contributed by atoms with Crippen LogP contribution in [0.15, 0.2) is 103 Å². The van der Waals surface area contributed by atoms with Crippen molar-refractivity contribution >= 4 is 11.1 Å². The number of hydrogen-bond donors (Lipinski definition) is 1. The SMILES string of the molecule is COc1ccc(C2=C(c3ccccc3)C(O)(c3ccccc3)c3ccc(C(F)(F)F)cc32)cc1. The monoisotopic (exact) mass is 458 g/mol. The van der Waals surface area contributed by atoms with E-state index in [4.69, 9.17) is 4.74 Å². The molecular weight excluding hydrogens is 437 g/mol. The van der Waals surface area contributed by atoms with Gasteiger partial charge in [-0.05, 0) is 52.1 Å². The van der Waals surface area contributed by atoms with Gasteiger partial charge in [0.05, 0.1) is 12.7 Å². The van der Waals surface area contributed by atoms with E-state index >= 15 is 0 Å². The number of fused-ring (bicyclic) bond motifs is 1. The molecule has 0 saturated carbocycles. The molecular formula is C29H21F3O2. The molecule has 0 fully saturated rings. The number of methoxy groups -OCH3 is 1. The van der Waals surface area contributed by atoms with Crippen molar-refractivity contribution in [2.45, 2.75) is 11.8 Å². The Morgan fingerprint density at radius 3 is 1.94 bits per heavy atom. The number of hydrogen-bond acceptors (Lipinski definition) is 2. The van der Waals surface area contributed by atoms with Gasteiger partial charge < -0.3 is 9.84 Å². The molecule has 4 aromatic rings. The van der Waals surface area contributed by atoms with Crippen molar-refractivity contribution in [3.8, 4) is 5.75 Å². The summed E-state index contributed by atoms with van der Waals surface area (Å²) in [7, 11) is 1.55. The predicted molar refractivity (Wildman–Crippen MR) is 126 cm³/mol. The molecule has 0 aliphatic heterocycles. The summed E-state index contributed by atoms with van der Waals surface area (Å²) < 4.78 is 46.4. The fourth-order valence-electron chi connectivity index (χ4n) is 4.69. The molecule has 0 radical (unpaired) electrons. The molecule has 0 saturated heterocycles. The summed E-state index contributed by atoms with van der Waals surface area (Å²) in [6, 6.07) is 29.0. The van der Waals surface area contributed by atoms with Gasteiger partial charge in [0.15, 0.2) is 0 Å². The maximum absolute atomic E-state index is 13.7. The van der Waals surface area contributed by atoms with Crippen LogP contribution in [0.5, 0.6) is 5.75 Å². The van der Waals surface area contributed by atoms with E-state index in [0.717, 1.165) is 17.7 Å². The van der Waals surface area contributed by atoms with E-state index in [0.29, 0.717) is 39.1 Å². The summed E-state index contributed by atoms with van der Waals surface area (Å²) >= 11 is 0. The summed E-state index contributed by atoms with van der Waals surface area (Å²) in [5.41, 5.74) is 1.45. The standard InChI is InChI=1S/C29H21F3O2/c1-34-23-15-12-19(13-16-23)26-24-18-22(29(30,31)32)14-17-25(24)28(33,21-10-6-3-7-11-21)27(26)20-8-4-2-5-9-20/h2-18,33H,1H3. The van der Waals surface area contributed by atoms with Gasteiger partial charge in [-0.25, -0.2) is 0 Å². The molecule has 170 valence electrons. The highest BCUT2D eigenvalue weighted by molar-refractivity contribution is 6.08. The first-order chi connectivity index (χ1) is 16.3. The van der Waals surface area contributed by atoms with Crippen LogP contribution in [0.1, 0.15) is 33.4 Å². The van der Waals surface area contributed by atoms with Crippen molar-refractivity contribution < 1.29 is 23.0 Å². The topological polar surface area (TPSA) is 29.5 Å². The van der Waals surface area contributed by atoms with Gasteiger partial charge in [0, 0.05) is 11.1 Å². The van der Waals surface area contributed by atoms with Crippen molar-refractivity contribution in [2.24, 2.45) is 0 Å². The molecule has 5 heteroatoms. The molecule has 2 nitrogen and oxygen atoms in total. The zero-order valence-electron chi connectivity index (χ0n) is 18.3. The number of rotatable bonds is 4. The van der Waals surface area contributed by atoms with Crippen LogP contribution in [-0.4, -0.2) is 12.2 Å². The zero-order chi connectivity index (χ0) is 23.9. The second-order valence-corrected chi connectivity index (χ2v) is 8.18. The number of ether oxygens (including phenoxy) is 1. The zero-order valence-corrected chi connectivity index (χ0v) is 18.3. The fourth-order valence-corrected chi connectivity index (χ4v) is 4.69. The maximum Gasteiger partial charge on any atom is 0.416 e. The average molecular weight is 458 g/mol. The second kappa shape index (κ2) is 8.19. The molecule has 0 heterocycles. The molecule has 0 aromatic heterocycles. The van der Waals surface area contributed by atoms with E-state index in [-0.39, 0.29) is 0 Å². The lowest BCUT2D eigenvalue weighted by Gasteiger charge is -2.29. The number of benzene rings is 4. The van der Waals surface area contributed by atoms with Gasteiger partial charge in [-0.1, -0.05) is 78.9 Å². The summed E-state index contributed by atoms with van der Waals surface area (Å²) in [5.74, 6) is 0.631. The van der Waals surface area contributed by atoms with Crippen LogP contribution in [0.25, 0.3) is 11.1 Å². The molecule has 1 atom stereocenters. The minimum absolute atomic E-state index is 0.352. The quantitative estimate of drug-likeness (QED) is 0.360. The van der Waals surface area contributed by atoms with Crippen molar-refractivity contribution in [3.63, 3.8) is 0 Å². The summed E-state index contributed by atoms with van der Waals surface area (Å²) in [6.45, 7) is 0. The molecule has 1 aliphatic carbocycles. The molecule has 1 N–H and O–H groups in total. The van der Waals surface area contributed by atoms with Gasteiger partial charge in [0.2, 0.25) is 0 Å². The summed E-state index contributed by atoms with van der Waals surface area (Å²) in [6.07, 6.45) is -4.51. The van der Waals surface area contributed by atoms with E-state index < -0.39 is 17.3 Å². The third-order valence-corrected chi connectivity index (χ3v) is 6.25. The van der Waals surface area contributed by atoms with E-state index in [1.807, 2.05) is 48.5 Å². The highest BCUT2D eigenvalue weighted by Crippen LogP contribution is 2.55. The van der Waals surface area contributed by atoms with Gasteiger partial charge in [0.25, 0.3) is 0 Å². The Labute approximate surface area is 195 Å². The number of halogens is 3. The lowest BCUT2D eigenvalue weighted by atomic mass is 9.80. The van der Waals surface area contributed by atoms with Crippen molar-refractivity contribution in [1.82, 2.24) is 0 Å². The normalized spacial score (nSPS) is 17.6. The van der Waals surface area contributed by atoms with Crippen molar-refractivity contribution in [2.75, 3.05) is 7.11 Å². The van der Waals surface area contributed by atoms with E-state index in [1.54, 1.807) is 43.5 Å². The lowest BCUT2D eigenvalue weighted by Crippen LogP contribution is -2.27. The molecule has 4 aromatic carbocycles. The van der Waals surface area contributed by atoms with Gasteiger partial charge >= 0.3 is 6.18 Å². The Morgan fingerprint density at radius 2 is 1.35 bits per heavy atom. The molecule has 0 bridgehead atoms. The van der Waals surface area contributed by atoms with Gasteiger partial charge in [-0.15, -0.1) is 0 Å². The minimum atomic E-state index is -4.51. The average Bonchev–Trinajstić information content (AvgIpc) is 3.14. The maximum atomic E-state index is 13.7. The predicted octanol–water partition coefficient (Wildman–Crippen LogP) is 6.92. The highest BCUT2D eigenvalue weighted by Gasteiger charge is 2.47. The summed E-state index contributed by atoms with van der Waals surface area (Å²) in [4.78, 5) is 0. The Balaban J connectivity index is 1.90. The molecule has 1 unspecified atom stereocenters. The minimum Gasteiger partial charge on any atom is -0.497 e. The van der Waals surface area contributed by atoms with Crippen LogP contribution in [0.3, 0.4) is 0 Å². The first kappa shape index (κ1) is 22.0. The largest absolute Gasteiger partial charge is 0.497 e. The third-order valence-electron chi connectivity index (χ3n) is 6.25. The van der Waals surface area contributed by atoms with Crippen molar-refractivity contribution in [3.05, 3.63) is 137 Å². The Bertz CT molecular complexity index is 1360. The molecule has 0 amide bonds. The fraction of sp³-hybridized carbons (Fsp3) is 0.103. The van der Waals surface area contributed by atoms with Crippen LogP contribution in [0.4, 0.5) is 13.2 Å². The van der Waals surface area contributed by atoms with Gasteiger partial charge in [0.1, 0.15) is 11.4 Å². The molecule has 34 heavy (non-hydrogen) atoms. The van der Waals surface area contributed by atoms with Gasteiger partial charge in [-0.3, -0.25) is 0 Å². The second-order valence-electron chi connectivity index (χ2n) is 8.18. The van der Waals surface area contributed by atoms with Crippen LogP contribution < -0.4 is 4.74 Å². The van der Waals surface area contributed by atoms with Crippen LogP contribution in [-0.2, 0) is 11.8 Å². The van der Waals surface area contributed by atoms with Crippen LogP contribution >= 0.6 is 0 Å². The first-order valence-electron chi connectivity index (χ1n) is 10.8.